The summed E-state index contributed by atoms with van der Waals surface area (Å²) in [4.78, 5) is 27.7. The van der Waals surface area contributed by atoms with Gasteiger partial charge in [-0.3, -0.25) is 9.59 Å². The first-order chi connectivity index (χ1) is 11.0. The number of benzene rings is 1. The van der Waals surface area contributed by atoms with Crippen LogP contribution in [0.5, 0.6) is 0 Å². The van der Waals surface area contributed by atoms with Crippen LogP contribution in [-0.4, -0.2) is 55.3 Å². The largest absolute Gasteiger partial charge is 0.353 e. The van der Waals surface area contributed by atoms with Crippen LogP contribution >= 0.6 is 0 Å². The Hall–Kier alpha value is -1.88. The maximum atomic E-state index is 12.2. The molecule has 0 saturated carbocycles. The SMILES string of the molecule is Cc1ccccc1[C@H](CNC(=O)CN1CCCCC1=O)N(C)C. The lowest BCUT2D eigenvalue weighted by molar-refractivity contribution is -0.137. The molecule has 1 aliphatic rings. The lowest BCUT2D eigenvalue weighted by Gasteiger charge is -2.28. The van der Waals surface area contributed by atoms with Gasteiger partial charge < -0.3 is 15.1 Å². The van der Waals surface area contributed by atoms with E-state index in [2.05, 4.69) is 29.3 Å². The van der Waals surface area contributed by atoms with Gasteiger partial charge in [0, 0.05) is 19.5 Å². The van der Waals surface area contributed by atoms with E-state index >= 15 is 0 Å². The van der Waals surface area contributed by atoms with Crippen molar-refractivity contribution < 1.29 is 9.59 Å². The van der Waals surface area contributed by atoms with E-state index in [1.54, 1.807) is 4.90 Å². The number of nitrogens with zero attached hydrogens (tertiary/aromatic N) is 2. The van der Waals surface area contributed by atoms with E-state index < -0.39 is 0 Å². The number of hydrogen-bond acceptors (Lipinski definition) is 3. The van der Waals surface area contributed by atoms with Crippen LogP contribution in [0.1, 0.15) is 36.4 Å². The van der Waals surface area contributed by atoms with Crippen molar-refractivity contribution in [1.29, 1.82) is 0 Å². The Labute approximate surface area is 138 Å². The van der Waals surface area contributed by atoms with E-state index in [9.17, 15) is 9.59 Å². The van der Waals surface area contributed by atoms with Gasteiger partial charge in [-0.15, -0.1) is 0 Å². The van der Waals surface area contributed by atoms with Crippen LogP contribution in [0.15, 0.2) is 24.3 Å². The maximum absolute atomic E-state index is 12.2. The molecule has 0 aromatic heterocycles. The lowest BCUT2D eigenvalue weighted by Crippen LogP contribution is -2.44. The minimum atomic E-state index is -0.0827. The van der Waals surface area contributed by atoms with Gasteiger partial charge in [0.2, 0.25) is 11.8 Å². The molecule has 1 heterocycles. The first-order valence-electron chi connectivity index (χ1n) is 8.25. The topological polar surface area (TPSA) is 52.7 Å². The molecule has 126 valence electrons. The van der Waals surface area contributed by atoms with Crippen LogP contribution in [0.4, 0.5) is 0 Å². The minimum Gasteiger partial charge on any atom is -0.353 e. The van der Waals surface area contributed by atoms with E-state index in [0.29, 0.717) is 19.5 Å². The molecule has 0 aliphatic carbocycles. The van der Waals surface area contributed by atoms with Crippen molar-refractivity contribution in [3.8, 4) is 0 Å². The molecule has 1 aromatic carbocycles. The number of hydrogen-bond donors (Lipinski definition) is 1. The fourth-order valence-corrected chi connectivity index (χ4v) is 3.00. The van der Waals surface area contributed by atoms with Crippen molar-refractivity contribution in [1.82, 2.24) is 15.1 Å². The first-order valence-corrected chi connectivity index (χ1v) is 8.25. The van der Waals surface area contributed by atoms with E-state index in [-0.39, 0.29) is 24.4 Å². The highest BCUT2D eigenvalue weighted by Crippen LogP contribution is 2.21. The van der Waals surface area contributed by atoms with Gasteiger partial charge in [-0.2, -0.15) is 0 Å². The zero-order valence-electron chi connectivity index (χ0n) is 14.3. The van der Waals surface area contributed by atoms with E-state index in [4.69, 9.17) is 0 Å². The highest BCUT2D eigenvalue weighted by molar-refractivity contribution is 5.85. The highest BCUT2D eigenvalue weighted by Gasteiger charge is 2.22. The smallest absolute Gasteiger partial charge is 0.239 e. The van der Waals surface area contributed by atoms with E-state index in [0.717, 1.165) is 12.8 Å². The second kappa shape index (κ2) is 8.11. The Morgan fingerprint density at radius 2 is 2.04 bits per heavy atom. The Kier molecular flexibility index (Phi) is 6.16. The number of aryl methyl sites for hydroxylation is 1. The zero-order valence-corrected chi connectivity index (χ0v) is 14.3. The normalized spacial score (nSPS) is 16.5. The number of piperidine rings is 1. The Balaban J connectivity index is 1.92. The Morgan fingerprint density at radius 3 is 2.70 bits per heavy atom. The summed E-state index contributed by atoms with van der Waals surface area (Å²) in [5.41, 5.74) is 2.43. The zero-order chi connectivity index (χ0) is 16.8. The second-order valence-electron chi connectivity index (χ2n) is 6.41. The molecular formula is C18H27N3O2. The van der Waals surface area contributed by atoms with Gasteiger partial charge in [0.25, 0.3) is 0 Å². The third-order valence-corrected chi connectivity index (χ3v) is 4.42. The second-order valence-corrected chi connectivity index (χ2v) is 6.41. The molecular weight excluding hydrogens is 290 g/mol. The number of amides is 2. The molecule has 0 unspecified atom stereocenters. The lowest BCUT2D eigenvalue weighted by atomic mass is 10.0. The molecule has 1 N–H and O–H groups in total. The number of carbonyl (C=O) groups excluding carboxylic acids is 2. The Morgan fingerprint density at radius 1 is 1.30 bits per heavy atom. The van der Waals surface area contributed by atoms with E-state index in [1.165, 1.54) is 11.1 Å². The van der Waals surface area contributed by atoms with Crippen LogP contribution in [0.3, 0.4) is 0 Å². The molecule has 5 nitrogen and oxygen atoms in total. The third-order valence-electron chi connectivity index (χ3n) is 4.42. The Bertz CT molecular complexity index is 557. The van der Waals surface area contributed by atoms with Crippen molar-refractivity contribution in [3.05, 3.63) is 35.4 Å². The predicted molar refractivity (Wildman–Crippen MR) is 91.0 cm³/mol. The fraction of sp³-hybridized carbons (Fsp3) is 0.556. The van der Waals surface area contributed by atoms with Crippen LogP contribution in [0.25, 0.3) is 0 Å². The number of likely N-dealkylation sites (N-methyl/N-ethyl adjacent to an activating group) is 1. The summed E-state index contributed by atoms with van der Waals surface area (Å²) in [5.74, 6) is 0.00940. The standard InChI is InChI=1S/C18H27N3O2/c1-14-8-4-5-9-15(14)16(20(2)3)12-19-17(22)13-21-11-7-6-10-18(21)23/h4-5,8-9,16H,6-7,10-13H2,1-3H3,(H,19,22)/t16-/m0/s1. The number of likely N-dealkylation sites (tertiary alicyclic amines) is 1. The summed E-state index contributed by atoms with van der Waals surface area (Å²) < 4.78 is 0. The quantitative estimate of drug-likeness (QED) is 0.869. The number of carbonyl (C=O) groups is 2. The molecule has 2 amide bonds. The van der Waals surface area contributed by atoms with Crippen molar-refractivity contribution in [2.45, 2.75) is 32.2 Å². The molecule has 1 saturated heterocycles. The van der Waals surface area contributed by atoms with Gasteiger partial charge in [0.1, 0.15) is 0 Å². The fourth-order valence-electron chi connectivity index (χ4n) is 3.00. The maximum Gasteiger partial charge on any atom is 0.239 e. The monoisotopic (exact) mass is 317 g/mol. The summed E-state index contributed by atoms with van der Waals surface area (Å²) in [6.07, 6.45) is 2.49. The average molecular weight is 317 g/mol. The molecule has 0 bridgehead atoms. The van der Waals surface area contributed by atoms with Gasteiger partial charge in [0.05, 0.1) is 12.6 Å². The predicted octanol–water partition coefficient (Wildman–Crippen LogP) is 1.73. The van der Waals surface area contributed by atoms with Gasteiger partial charge in [0.15, 0.2) is 0 Å². The number of rotatable bonds is 6. The molecule has 23 heavy (non-hydrogen) atoms. The third kappa shape index (κ3) is 4.79. The van der Waals surface area contributed by atoms with Crippen LogP contribution in [-0.2, 0) is 9.59 Å². The summed E-state index contributed by atoms with van der Waals surface area (Å²) in [5, 5.41) is 2.98. The molecule has 1 aromatic rings. The minimum absolute atomic E-state index is 0.0827. The average Bonchev–Trinajstić information content (AvgIpc) is 2.51. The van der Waals surface area contributed by atoms with Crippen molar-refractivity contribution in [2.75, 3.05) is 33.7 Å². The molecule has 2 rings (SSSR count). The van der Waals surface area contributed by atoms with Gasteiger partial charge in [-0.1, -0.05) is 24.3 Å². The summed E-state index contributed by atoms with van der Waals surface area (Å²) in [7, 11) is 4.02. The van der Waals surface area contributed by atoms with Crippen molar-refractivity contribution in [2.24, 2.45) is 0 Å². The molecule has 0 radical (unpaired) electrons. The molecule has 1 fully saturated rings. The molecule has 1 aliphatic heterocycles. The summed E-state index contributed by atoms with van der Waals surface area (Å²) >= 11 is 0. The van der Waals surface area contributed by atoms with Gasteiger partial charge in [-0.25, -0.2) is 0 Å². The summed E-state index contributed by atoms with van der Waals surface area (Å²) in [6, 6.07) is 8.34. The van der Waals surface area contributed by atoms with Crippen LogP contribution in [0.2, 0.25) is 0 Å². The number of nitrogens with one attached hydrogen (secondary N) is 1. The summed E-state index contributed by atoms with van der Waals surface area (Å²) in [6.45, 7) is 3.49. The van der Waals surface area contributed by atoms with Crippen molar-refractivity contribution in [3.63, 3.8) is 0 Å². The van der Waals surface area contributed by atoms with Gasteiger partial charge >= 0.3 is 0 Å². The molecule has 0 spiro atoms. The van der Waals surface area contributed by atoms with Crippen LogP contribution in [0, 0.1) is 6.92 Å². The van der Waals surface area contributed by atoms with Gasteiger partial charge in [-0.05, 0) is 45.0 Å². The van der Waals surface area contributed by atoms with Crippen LogP contribution < -0.4 is 5.32 Å². The molecule has 5 heteroatoms. The highest BCUT2D eigenvalue weighted by atomic mass is 16.2. The first kappa shape index (κ1) is 17.5. The van der Waals surface area contributed by atoms with Crippen molar-refractivity contribution >= 4 is 11.8 Å². The van der Waals surface area contributed by atoms with E-state index in [1.807, 2.05) is 26.2 Å². The molecule has 1 atom stereocenters.